The normalized spacial score (nSPS) is 15.7. The number of fused-ring (bicyclic) bond motifs is 1. The first-order chi connectivity index (χ1) is 8.19. The third-order valence-electron chi connectivity index (χ3n) is 3.01. The molecule has 0 saturated heterocycles. The minimum Gasteiger partial charge on any atom is -0.379 e. The van der Waals surface area contributed by atoms with E-state index in [1.807, 2.05) is 0 Å². The smallest absolute Gasteiger partial charge is 0.153 e. The third-order valence-corrected chi connectivity index (χ3v) is 3.01. The Hall–Kier alpha value is -1.32. The minimum atomic E-state index is -0.0336. The molecule has 2 heterocycles. The predicted octanol–water partition coefficient (Wildman–Crippen LogP) is 2.91. The second kappa shape index (κ2) is 4.11. The van der Waals surface area contributed by atoms with Crippen LogP contribution in [0.15, 0.2) is 0 Å². The van der Waals surface area contributed by atoms with Crippen molar-refractivity contribution in [2.24, 2.45) is 0 Å². The van der Waals surface area contributed by atoms with Crippen LogP contribution in [0.25, 0.3) is 0 Å². The summed E-state index contributed by atoms with van der Waals surface area (Å²) in [5, 5.41) is 6.80. The average molecular weight is 248 g/mol. The van der Waals surface area contributed by atoms with Crippen LogP contribution in [0.3, 0.4) is 0 Å². The van der Waals surface area contributed by atoms with Gasteiger partial charge in [-0.25, -0.2) is 9.97 Å². The third kappa shape index (κ3) is 2.42. The van der Waals surface area contributed by atoms with Crippen LogP contribution in [0.1, 0.15) is 53.1 Å². The lowest BCUT2D eigenvalue weighted by Crippen LogP contribution is -2.29. The zero-order chi connectivity index (χ0) is 13.6. The van der Waals surface area contributed by atoms with E-state index in [1.54, 1.807) is 0 Å². The predicted molar refractivity (Wildman–Crippen MR) is 76.4 cm³/mol. The summed E-state index contributed by atoms with van der Waals surface area (Å²) in [7, 11) is 0. The van der Waals surface area contributed by atoms with Crippen molar-refractivity contribution in [3.63, 3.8) is 0 Å². The molecule has 1 aliphatic rings. The lowest BCUT2D eigenvalue weighted by Gasteiger charge is -2.30. The summed E-state index contributed by atoms with van der Waals surface area (Å²) in [5.74, 6) is 1.86. The molecule has 0 fully saturated rings. The Bertz CT molecular complexity index is 452. The molecular weight excluding hydrogens is 224 g/mol. The van der Waals surface area contributed by atoms with Gasteiger partial charge in [-0.05, 0) is 0 Å². The van der Waals surface area contributed by atoms with E-state index in [0.717, 1.165) is 36.1 Å². The topological polar surface area (TPSA) is 49.8 Å². The van der Waals surface area contributed by atoms with Gasteiger partial charge in [0, 0.05) is 23.9 Å². The van der Waals surface area contributed by atoms with Crippen LogP contribution in [-0.2, 0) is 10.8 Å². The maximum absolute atomic E-state index is 4.81. The largest absolute Gasteiger partial charge is 0.379 e. The molecule has 0 radical (unpaired) electrons. The van der Waals surface area contributed by atoms with E-state index in [2.05, 4.69) is 57.2 Å². The van der Waals surface area contributed by atoms with Crippen molar-refractivity contribution < 1.29 is 0 Å². The highest BCUT2D eigenvalue weighted by Gasteiger charge is 2.28. The number of hydrogen-bond acceptors (Lipinski definition) is 4. The van der Waals surface area contributed by atoms with Crippen molar-refractivity contribution in [1.82, 2.24) is 9.97 Å². The molecule has 0 amide bonds. The van der Waals surface area contributed by atoms with Crippen LogP contribution in [0, 0.1) is 0 Å². The maximum atomic E-state index is 4.81. The molecule has 0 atom stereocenters. The molecule has 18 heavy (non-hydrogen) atoms. The van der Waals surface area contributed by atoms with E-state index in [0.29, 0.717) is 0 Å². The van der Waals surface area contributed by atoms with Gasteiger partial charge >= 0.3 is 0 Å². The van der Waals surface area contributed by atoms with E-state index < -0.39 is 0 Å². The van der Waals surface area contributed by atoms with Gasteiger partial charge < -0.3 is 10.6 Å². The second-order valence-corrected chi connectivity index (χ2v) is 6.97. The van der Waals surface area contributed by atoms with Gasteiger partial charge in [-0.1, -0.05) is 41.5 Å². The molecule has 100 valence electrons. The molecular formula is C14H24N4. The summed E-state index contributed by atoms with van der Waals surface area (Å²) in [6.07, 6.45) is 0. The van der Waals surface area contributed by atoms with Crippen LogP contribution in [0.2, 0.25) is 0 Å². The van der Waals surface area contributed by atoms with Crippen LogP contribution < -0.4 is 10.6 Å². The first-order valence-electron chi connectivity index (χ1n) is 6.60. The SMILES string of the molecule is CC(C)(C)c1nc2c(c(C(C)(C)C)n1)NCCN2. The lowest BCUT2D eigenvalue weighted by atomic mass is 9.88. The maximum Gasteiger partial charge on any atom is 0.153 e. The Morgan fingerprint density at radius 2 is 1.44 bits per heavy atom. The molecule has 0 saturated carbocycles. The minimum absolute atomic E-state index is 0.0129. The van der Waals surface area contributed by atoms with E-state index in [-0.39, 0.29) is 10.8 Å². The van der Waals surface area contributed by atoms with E-state index in [4.69, 9.17) is 4.98 Å². The van der Waals surface area contributed by atoms with Crippen molar-refractivity contribution in [3.8, 4) is 0 Å². The van der Waals surface area contributed by atoms with Crippen LogP contribution in [-0.4, -0.2) is 23.1 Å². The fourth-order valence-electron chi connectivity index (χ4n) is 2.00. The molecule has 1 aromatic heterocycles. The number of aromatic nitrogens is 2. The van der Waals surface area contributed by atoms with Crippen LogP contribution >= 0.6 is 0 Å². The van der Waals surface area contributed by atoms with E-state index in [1.165, 1.54) is 0 Å². The van der Waals surface area contributed by atoms with Gasteiger partial charge in [-0.15, -0.1) is 0 Å². The Morgan fingerprint density at radius 1 is 0.833 bits per heavy atom. The zero-order valence-electron chi connectivity index (χ0n) is 12.3. The van der Waals surface area contributed by atoms with Gasteiger partial charge in [-0.2, -0.15) is 0 Å². The van der Waals surface area contributed by atoms with Crippen molar-refractivity contribution in [3.05, 3.63) is 11.5 Å². The lowest BCUT2D eigenvalue weighted by molar-refractivity contribution is 0.515. The second-order valence-electron chi connectivity index (χ2n) is 6.97. The average Bonchev–Trinajstić information content (AvgIpc) is 2.25. The highest BCUT2D eigenvalue weighted by Crippen LogP contribution is 2.35. The number of anilines is 2. The van der Waals surface area contributed by atoms with Crippen molar-refractivity contribution in [2.45, 2.75) is 52.4 Å². The molecule has 0 unspecified atom stereocenters. The number of nitrogens with one attached hydrogen (secondary N) is 2. The standard InChI is InChI=1S/C14H24N4/c1-13(2,3)10-9-11(16-8-7-15-9)18-12(17-10)14(4,5)6/h15H,7-8H2,1-6H3,(H,16,17,18). The number of hydrogen-bond donors (Lipinski definition) is 2. The van der Waals surface area contributed by atoms with Gasteiger partial charge in [-0.3, -0.25) is 0 Å². The first kappa shape index (κ1) is 13.1. The van der Waals surface area contributed by atoms with Crippen LogP contribution in [0.5, 0.6) is 0 Å². The van der Waals surface area contributed by atoms with Gasteiger partial charge in [0.1, 0.15) is 5.82 Å². The molecule has 2 N–H and O–H groups in total. The summed E-state index contributed by atoms with van der Waals surface area (Å²) >= 11 is 0. The molecule has 2 rings (SSSR count). The summed E-state index contributed by atoms with van der Waals surface area (Å²) in [5.41, 5.74) is 2.15. The van der Waals surface area contributed by atoms with E-state index in [9.17, 15) is 0 Å². The molecule has 0 bridgehead atoms. The molecule has 0 spiro atoms. The highest BCUT2D eigenvalue weighted by atomic mass is 15.1. The zero-order valence-corrected chi connectivity index (χ0v) is 12.3. The Kier molecular flexibility index (Phi) is 2.99. The fourth-order valence-corrected chi connectivity index (χ4v) is 2.00. The molecule has 4 heteroatoms. The highest BCUT2D eigenvalue weighted by molar-refractivity contribution is 5.70. The molecule has 4 nitrogen and oxygen atoms in total. The Morgan fingerprint density at radius 3 is 2.00 bits per heavy atom. The summed E-state index contributed by atoms with van der Waals surface area (Å²) < 4.78 is 0. The number of nitrogens with zero attached hydrogens (tertiary/aromatic N) is 2. The number of rotatable bonds is 0. The van der Waals surface area contributed by atoms with Crippen LogP contribution in [0.4, 0.5) is 11.5 Å². The van der Waals surface area contributed by atoms with Gasteiger partial charge in [0.05, 0.1) is 11.4 Å². The van der Waals surface area contributed by atoms with Crippen molar-refractivity contribution in [1.29, 1.82) is 0 Å². The Balaban J connectivity index is 2.63. The Labute approximate surface area is 110 Å². The quantitative estimate of drug-likeness (QED) is 0.741. The summed E-state index contributed by atoms with van der Waals surface area (Å²) in [4.78, 5) is 9.49. The molecule has 1 aromatic rings. The monoisotopic (exact) mass is 248 g/mol. The molecule has 1 aliphatic heterocycles. The summed E-state index contributed by atoms with van der Waals surface area (Å²) in [6.45, 7) is 14.9. The van der Waals surface area contributed by atoms with Gasteiger partial charge in [0.2, 0.25) is 0 Å². The van der Waals surface area contributed by atoms with Gasteiger partial charge in [0.25, 0.3) is 0 Å². The molecule has 0 aliphatic carbocycles. The fraction of sp³-hybridized carbons (Fsp3) is 0.714. The molecule has 0 aromatic carbocycles. The first-order valence-corrected chi connectivity index (χ1v) is 6.60. The summed E-state index contributed by atoms with van der Waals surface area (Å²) in [6, 6.07) is 0. The van der Waals surface area contributed by atoms with E-state index >= 15 is 0 Å². The van der Waals surface area contributed by atoms with Crippen molar-refractivity contribution in [2.75, 3.05) is 23.7 Å². The van der Waals surface area contributed by atoms with Crippen molar-refractivity contribution >= 4 is 11.5 Å². The van der Waals surface area contributed by atoms with Gasteiger partial charge in [0.15, 0.2) is 5.82 Å².